The van der Waals surface area contributed by atoms with Gasteiger partial charge in [-0.2, -0.15) is 0 Å². The molecule has 0 aliphatic rings. The molecule has 0 aliphatic carbocycles. The minimum absolute atomic E-state index is 0.176. The van der Waals surface area contributed by atoms with Gasteiger partial charge in [0.2, 0.25) is 0 Å². The highest BCUT2D eigenvalue weighted by atomic mass is 16.6. The number of carbonyl (C=O) groups is 1. The van der Waals surface area contributed by atoms with Crippen LogP contribution in [0.4, 0.5) is 0 Å². The highest BCUT2D eigenvalue weighted by molar-refractivity contribution is 5.96. The van der Waals surface area contributed by atoms with Gasteiger partial charge in [0.1, 0.15) is 12.8 Å². The van der Waals surface area contributed by atoms with Gasteiger partial charge in [0.05, 0.1) is 5.39 Å². The maximum Gasteiger partial charge on any atom is 0.291 e. The average molecular weight is 322 g/mol. The van der Waals surface area contributed by atoms with Crippen LogP contribution in [0.1, 0.15) is 21.6 Å². The van der Waals surface area contributed by atoms with Crippen LogP contribution < -0.4 is 15.7 Å². The van der Waals surface area contributed by atoms with Crippen LogP contribution in [0.25, 0.3) is 10.8 Å². The number of carbonyl (C=O) groups excluding carboxylic acids is 1. The molecule has 0 unspecified atom stereocenters. The second-order valence-corrected chi connectivity index (χ2v) is 5.57. The fraction of sp³-hybridized carbons (Fsp3) is 0.158. The van der Waals surface area contributed by atoms with Crippen LogP contribution in [0.3, 0.4) is 0 Å². The fourth-order valence-electron chi connectivity index (χ4n) is 2.61. The maximum atomic E-state index is 12.6. The summed E-state index contributed by atoms with van der Waals surface area (Å²) in [6.45, 7) is 2.29. The summed E-state index contributed by atoms with van der Waals surface area (Å²) in [5.41, 5.74) is 1.79. The highest BCUT2D eigenvalue weighted by Gasteiger charge is 2.16. The van der Waals surface area contributed by atoms with E-state index >= 15 is 0 Å². The van der Waals surface area contributed by atoms with Gasteiger partial charge in [-0.15, -0.1) is 4.73 Å². The van der Waals surface area contributed by atoms with E-state index in [-0.39, 0.29) is 17.2 Å². The number of fused-ring (bicyclic) bond motifs is 1. The van der Waals surface area contributed by atoms with Crippen LogP contribution in [0.15, 0.2) is 59.4 Å². The summed E-state index contributed by atoms with van der Waals surface area (Å²) in [6, 6.07) is 16.8. The summed E-state index contributed by atoms with van der Waals surface area (Å²) >= 11 is 0. The van der Waals surface area contributed by atoms with Gasteiger partial charge in [0.15, 0.2) is 0 Å². The van der Waals surface area contributed by atoms with Crippen molar-refractivity contribution in [3.8, 4) is 0 Å². The molecule has 1 aromatic heterocycles. The molecule has 0 saturated carbocycles. The molecule has 2 aromatic carbocycles. The molecule has 0 fully saturated rings. The monoisotopic (exact) mass is 322 g/mol. The van der Waals surface area contributed by atoms with E-state index in [0.717, 1.165) is 15.9 Å². The van der Waals surface area contributed by atoms with Crippen LogP contribution in [0, 0.1) is 6.92 Å². The Morgan fingerprint density at radius 2 is 1.88 bits per heavy atom. The van der Waals surface area contributed by atoms with E-state index in [2.05, 4.69) is 5.32 Å². The van der Waals surface area contributed by atoms with Crippen molar-refractivity contribution in [3.05, 3.63) is 81.8 Å². The number of pyridine rings is 1. The topological polar surface area (TPSA) is 60.3 Å². The molecule has 1 N–H and O–H groups in total. The van der Waals surface area contributed by atoms with Gasteiger partial charge >= 0.3 is 0 Å². The number of nitrogens with zero attached hydrogens (tertiary/aromatic N) is 1. The molecule has 0 spiro atoms. The smallest absolute Gasteiger partial charge is 0.291 e. The number of aromatic nitrogens is 1. The number of aryl methyl sites for hydroxylation is 1. The Bertz CT molecular complexity index is 946. The molecule has 24 heavy (non-hydrogen) atoms. The van der Waals surface area contributed by atoms with Gasteiger partial charge in [-0.3, -0.25) is 9.59 Å². The molecule has 5 nitrogen and oxygen atoms in total. The highest BCUT2D eigenvalue weighted by Crippen LogP contribution is 2.14. The number of nitrogens with one attached hydrogen (secondary N) is 1. The third-order valence-electron chi connectivity index (χ3n) is 3.85. The lowest BCUT2D eigenvalue weighted by atomic mass is 10.1. The van der Waals surface area contributed by atoms with Gasteiger partial charge in [-0.25, -0.2) is 0 Å². The number of amides is 1. The van der Waals surface area contributed by atoms with E-state index in [1.165, 1.54) is 7.11 Å². The van der Waals surface area contributed by atoms with E-state index in [1.807, 2.05) is 49.4 Å². The van der Waals surface area contributed by atoms with Gasteiger partial charge in [0, 0.05) is 6.54 Å². The summed E-state index contributed by atoms with van der Waals surface area (Å²) in [7, 11) is 1.37. The second kappa shape index (κ2) is 6.58. The lowest BCUT2D eigenvalue weighted by molar-refractivity contribution is 0.0882. The molecule has 5 heteroatoms. The summed E-state index contributed by atoms with van der Waals surface area (Å²) in [6.07, 6.45) is 0. The molecule has 0 aliphatic heterocycles. The molecule has 0 atom stereocenters. The maximum absolute atomic E-state index is 12.6. The van der Waals surface area contributed by atoms with Crippen molar-refractivity contribution in [1.29, 1.82) is 0 Å². The Kier molecular flexibility index (Phi) is 4.33. The number of benzene rings is 2. The quantitative estimate of drug-likeness (QED) is 0.802. The Labute approximate surface area is 139 Å². The Morgan fingerprint density at radius 3 is 2.58 bits per heavy atom. The average Bonchev–Trinajstić information content (AvgIpc) is 2.61. The minimum Gasteiger partial charge on any atom is -0.413 e. The van der Waals surface area contributed by atoms with Crippen molar-refractivity contribution in [3.63, 3.8) is 0 Å². The SMILES string of the molecule is COn1c(C(=O)NCc2ccccc2)cc2ccc(C)cc2c1=O. The molecule has 0 saturated heterocycles. The molecule has 3 rings (SSSR count). The van der Waals surface area contributed by atoms with E-state index in [1.54, 1.807) is 12.1 Å². The molecule has 0 radical (unpaired) electrons. The Hall–Kier alpha value is -3.08. The Morgan fingerprint density at radius 1 is 1.12 bits per heavy atom. The number of rotatable bonds is 4. The molecule has 3 aromatic rings. The first kappa shape index (κ1) is 15.8. The Balaban J connectivity index is 1.97. The summed E-state index contributed by atoms with van der Waals surface area (Å²) in [4.78, 5) is 30.2. The van der Waals surface area contributed by atoms with Crippen LogP contribution in [-0.2, 0) is 6.54 Å². The summed E-state index contributed by atoms with van der Waals surface area (Å²) in [5, 5.41) is 4.05. The van der Waals surface area contributed by atoms with Gasteiger partial charge in [-0.05, 0) is 30.0 Å². The third kappa shape index (κ3) is 3.01. The summed E-state index contributed by atoms with van der Waals surface area (Å²) in [5.74, 6) is -0.361. The van der Waals surface area contributed by atoms with E-state index in [0.29, 0.717) is 17.3 Å². The van der Waals surface area contributed by atoms with Crippen LogP contribution in [0.5, 0.6) is 0 Å². The van der Waals surface area contributed by atoms with Gasteiger partial charge in [-0.1, -0.05) is 48.0 Å². The van der Waals surface area contributed by atoms with E-state index in [9.17, 15) is 9.59 Å². The van der Waals surface area contributed by atoms with Crippen molar-refractivity contribution in [1.82, 2.24) is 10.0 Å². The molecular weight excluding hydrogens is 304 g/mol. The largest absolute Gasteiger partial charge is 0.413 e. The van der Waals surface area contributed by atoms with Crippen LogP contribution in [0.2, 0.25) is 0 Å². The number of hydrogen-bond donors (Lipinski definition) is 1. The standard InChI is InChI=1S/C19H18N2O3/c1-13-8-9-15-11-17(21(24-2)19(23)16(15)10-13)18(22)20-12-14-6-4-3-5-7-14/h3-11H,12H2,1-2H3,(H,20,22). The molecule has 0 bridgehead atoms. The minimum atomic E-state index is -0.361. The molecule has 1 heterocycles. The van der Waals surface area contributed by atoms with E-state index in [4.69, 9.17) is 4.84 Å². The predicted molar refractivity (Wildman–Crippen MR) is 93.1 cm³/mol. The zero-order valence-corrected chi connectivity index (χ0v) is 13.6. The lowest BCUT2D eigenvalue weighted by Gasteiger charge is -2.13. The first-order chi connectivity index (χ1) is 11.6. The van der Waals surface area contributed by atoms with Crippen molar-refractivity contribution >= 4 is 16.7 Å². The van der Waals surface area contributed by atoms with Crippen molar-refractivity contribution in [2.45, 2.75) is 13.5 Å². The van der Waals surface area contributed by atoms with E-state index < -0.39 is 0 Å². The lowest BCUT2D eigenvalue weighted by Crippen LogP contribution is -2.34. The summed E-state index contributed by atoms with van der Waals surface area (Å²) < 4.78 is 1.03. The second-order valence-electron chi connectivity index (χ2n) is 5.57. The molecule has 1 amide bonds. The van der Waals surface area contributed by atoms with Crippen molar-refractivity contribution < 1.29 is 9.63 Å². The van der Waals surface area contributed by atoms with Gasteiger partial charge in [0.25, 0.3) is 11.5 Å². The van der Waals surface area contributed by atoms with Gasteiger partial charge < -0.3 is 10.2 Å². The fourth-order valence-corrected chi connectivity index (χ4v) is 2.61. The first-order valence-corrected chi connectivity index (χ1v) is 7.63. The number of hydrogen-bond acceptors (Lipinski definition) is 3. The zero-order valence-electron chi connectivity index (χ0n) is 13.6. The van der Waals surface area contributed by atoms with Crippen LogP contribution in [-0.4, -0.2) is 17.7 Å². The third-order valence-corrected chi connectivity index (χ3v) is 3.85. The molecule has 122 valence electrons. The van der Waals surface area contributed by atoms with Crippen molar-refractivity contribution in [2.24, 2.45) is 0 Å². The zero-order chi connectivity index (χ0) is 17.1. The molecular formula is C19H18N2O3. The first-order valence-electron chi connectivity index (χ1n) is 7.63. The van der Waals surface area contributed by atoms with Crippen molar-refractivity contribution in [2.75, 3.05) is 7.11 Å². The normalized spacial score (nSPS) is 10.6. The predicted octanol–water partition coefficient (Wildman–Crippen LogP) is 2.30. The van der Waals surface area contributed by atoms with Crippen LogP contribution >= 0.6 is 0 Å².